The molecular weight excluding hydrogens is 267 g/mol. The highest BCUT2D eigenvalue weighted by molar-refractivity contribution is 5.74. The highest BCUT2D eigenvalue weighted by atomic mass is 19.1. The molecule has 1 N–H and O–H groups in total. The monoisotopic (exact) mass is 295 g/mol. The number of aliphatic hydroxyl groups excluding tert-OH is 1. The van der Waals surface area contributed by atoms with Crippen LogP contribution in [0.15, 0.2) is 30.3 Å². The molecule has 0 spiro atoms. The Bertz CT molecular complexity index is 861. The molecule has 0 aromatic heterocycles. The van der Waals surface area contributed by atoms with Crippen molar-refractivity contribution >= 4 is 0 Å². The first-order valence-corrected chi connectivity index (χ1v) is 6.36. The summed E-state index contributed by atoms with van der Waals surface area (Å²) in [5.74, 6) is -4.33. The average molecular weight is 295 g/mol. The zero-order valence-electron chi connectivity index (χ0n) is 18.8. The van der Waals surface area contributed by atoms with Gasteiger partial charge < -0.3 is 9.84 Å². The fraction of sp³-hybridized carbons (Fsp3) is 0.333. The second-order valence-electron chi connectivity index (χ2n) is 4.73. The Morgan fingerprint density at radius 3 is 2.67 bits per heavy atom. The highest BCUT2D eigenvalue weighted by Crippen LogP contribution is 2.36. The van der Waals surface area contributed by atoms with E-state index in [4.69, 9.17) is 14.3 Å². The fourth-order valence-electron chi connectivity index (χ4n) is 2.24. The van der Waals surface area contributed by atoms with Crippen LogP contribution in [0.2, 0.25) is 0 Å². The number of aliphatic hydroxyl groups is 1. The van der Waals surface area contributed by atoms with Gasteiger partial charge in [-0.05, 0) is 35.6 Å². The zero-order chi connectivity index (χ0) is 21.5. The summed E-state index contributed by atoms with van der Waals surface area (Å²) in [5, 5.41) is 9.68. The van der Waals surface area contributed by atoms with Gasteiger partial charge in [-0.2, -0.15) is 0 Å². The van der Waals surface area contributed by atoms with Crippen molar-refractivity contribution in [1.82, 2.24) is 0 Å². The van der Waals surface area contributed by atoms with Crippen LogP contribution in [0.25, 0.3) is 11.1 Å². The van der Waals surface area contributed by atoms with Crippen LogP contribution in [-0.4, -0.2) is 12.2 Å². The van der Waals surface area contributed by atoms with Crippen LogP contribution in [0.4, 0.5) is 4.39 Å². The maximum absolute atomic E-state index is 14.8. The maximum Gasteiger partial charge on any atom is 0.130 e. The summed E-state index contributed by atoms with van der Waals surface area (Å²) in [6.45, 7) is -5.18. The molecule has 0 saturated heterocycles. The lowest BCUT2D eigenvalue weighted by atomic mass is 9.93. The quantitative estimate of drug-likeness (QED) is 0.904. The molecule has 0 saturated carbocycles. The second kappa shape index (κ2) is 6.27. The Hall–Kier alpha value is -1.87. The highest BCUT2D eigenvalue weighted by Gasteiger charge is 2.16. The van der Waals surface area contributed by atoms with Gasteiger partial charge in [-0.25, -0.2) is 4.39 Å². The van der Waals surface area contributed by atoms with Gasteiger partial charge in [0.05, 0.1) is 13.7 Å². The van der Waals surface area contributed by atoms with E-state index in [0.717, 1.165) is 17.7 Å². The van der Waals surface area contributed by atoms with E-state index in [-0.39, 0.29) is 17.9 Å². The van der Waals surface area contributed by atoms with Crippen molar-refractivity contribution < 1.29 is 23.8 Å². The largest absolute Gasteiger partial charge is 0.496 e. The number of aryl methyl sites for hydroxylation is 1. The van der Waals surface area contributed by atoms with E-state index in [1.807, 2.05) is 6.92 Å². The van der Waals surface area contributed by atoms with Crippen LogP contribution < -0.4 is 4.74 Å². The zero-order valence-corrected chi connectivity index (χ0v) is 11.8. The van der Waals surface area contributed by atoms with Crippen LogP contribution in [0, 0.1) is 12.7 Å². The molecule has 0 heterocycles. The summed E-state index contributed by atoms with van der Waals surface area (Å²) in [6, 6.07) is 6.95. The molecule has 2 rings (SSSR count). The Morgan fingerprint density at radius 1 is 1.29 bits per heavy atom. The Kier molecular flexibility index (Phi) is 2.55. The minimum atomic E-state index is -3.32. The molecule has 0 unspecified atom stereocenters. The predicted octanol–water partition coefficient (Wildman–Crippen LogP) is 4.43. The molecule has 112 valence electrons. The third kappa shape index (κ3) is 3.08. The maximum atomic E-state index is 14.8. The van der Waals surface area contributed by atoms with Gasteiger partial charge in [-0.1, -0.05) is 37.5 Å². The van der Waals surface area contributed by atoms with Crippen LogP contribution in [-0.2, 0) is 6.61 Å². The molecule has 3 heteroatoms. The van der Waals surface area contributed by atoms with Crippen molar-refractivity contribution in [2.45, 2.75) is 33.1 Å². The molecule has 0 aliphatic rings. The van der Waals surface area contributed by atoms with Crippen LogP contribution in [0.5, 0.6) is 5.75 Å². The molecule has 0 atom stereocenters. The van der Waals surface area contributed by atoms with Gasteiger partial charge in [-0.15, -0.1) is 0 Å². The first-order valence-electron chi connectivity index (χ1n) is 9.86. The second-order valence-corrected chi connectivity index (χ2v) is 4.73. The first kappa shape index (κ1) is 8.54. The molecular formula is C18H21FO2. The van der Waals surface area contributed by atoms with Crippen LogP contribution in [0.3, 0.4) is 0 Å². The number of benzene rings is 2. The van der Waals surface area contributed by atoms with Gasteiger partial charge in [0.25, 0.3) is 0 Å². The number of methoxy groups -OCH3 is 1. The SMILES string of the molecule is [2H]C([2H])([2H])C([2H])(c1cc(-c2ccc(C)cc2CO)c(OC)cc1F)C([2H])([2H])[2H]. The van der Waals surface area contributed by atoms with Gasteiger partial charge in [0.2, 0.25) is 0 Å². The molecule has 0 bridgehead atoms. The lowest BCUT2D eigenvalue weighted by Crippen LogP contribution is -1.99. The molecule has 0 radical (unpaired) electrons. The van der Waals surface area contributed by atoms with E-state index >= 15 is 0 Å². The number of halogens is 1. The van der Waals surface area contributed by atoms with E-state index < -0.39 is 31.0 Å². The number of ether oxygens (including phenoxy) is 1. The van der Waals surface area contributed by atoms with Crippen molar-refractivity contribution in [2.24, 2.45) is 0 Å². The standard InChI is InChI=1S/C18H21FO2/c1-11(2)15-8-16(18(21-4)9-17(15)19)14-6-5-12(3)7-13(14)10-20/h5-9,11,20H,10H2,1-4H3/i1D3,2D3,11D. The van der Waals surface area contributed by atoms with Crippen molar-refractivity contribution in [2.75, 3.05) is 7.11 Å². The summed E-state index contributed by atoms with van der Waals surface area (Å²) >= 11 is 0. The summed E-state index contributed by atoms with van der Waals surface area (Å²) in [5.41, 5.74) is 1.15. The van der Waals surface area contributed by atoms with Crippen LogP contribution in [0.1, 0.15) is 45.9 Å². The smallest absolute Gasteiger partial charge is 0.130 e. The van der Waals surface area contributed by atoms with E-state index in [0.29, 0.717) is 11.1 Å². The summed E-state index contributed by atoms with van der Waals surface area (Å²) < 4.78 is 73.9. The average Bonchev–Trinajstić information content (AvgIpc) is 2.58. The molecule has 21 heavy (non-hydrogen) atoms. The minimum Gasteiger partial charge on any atom is -0.496 e. The van der Waals surface area contributed by atoms with Gasteiger partial charge >= 0.3 is 0 Å². The topological polar surface area (TPSA) is 29.5 Å². The van der Waals surface area contributed by atoms with Gasteiger partial charge in [0.15, 0.2) is 0 Å². The molecule has 2 aromatic carbocycles. The summed E-state index contributed by atoms with van der Waals surface area (Å²) in [7, 11) is 1.28. The Labute approximate surface area is 135 Å². The van der Waals surface area contributed by atoms with Crippen molar-refractivity contribution in [1.29, 1.82) is 0 Å². The van der Waals surface area contributed by atoms with Crippen molar-refractivity contribution in [3.8, 4) is 16.9 Å². The molecule has 2 aromatic rings. The van der Waals surface area contributed by atoms with E-state index in [1.54, 1.807) is 18.2 Å². The van der Waals surface area contributed by atoms with E-state index in [9.17, 15) is 9.50 Å². The molecule has 0 aliphatic heterocycles. The number of hydrogen-bond acceptors (Lipinski definition) is 2. The van der Waals surface area contributed by atoms with Gasteiger partial charge in [-0.3, -0.25) is 0 Å². The van der Waals surface area contributed by atoms with E-state index in [2.05, 4.69) is 0 Å². The number of hydrogen-bond donors (Lipinski definition) is 1. The van der Waals surface area contributed by atoms with Crippen LogP contribution >= 0.6 is 0 Å². The Morgan fingerprint density at radius 2 is 2.05 bits per heavy atom. The summed E-state index contributed by atoms with van der Waals surface area (Å²) in [4.78, 5) is 0. The third-order valence-corrected chi connectivity index (χ3v) is 3.28. The van der Waals surface area contributed by atoms with E-state index in [1.165, 1.54) is 7.11 Å². The molecule has 0 fully saturated rings. The van der Waals surface area contributed by atoms with Gasteiger partial charge in [0.1, 0.15) is 11.6 Å². The third-order valence-electron chi connectivity index (χ3n) is 3.28. The molecule has 2 nitrogen and oxygen atoms in total. The summed E-state index contributed by atoms with van der Waals surface area (Å²) in [6.07, 6.45) is 0. The number of rotatable bonds is 4. The minimum absolute atomic E-state index is 0.0261. The normalized spacial score (nSPS) is 17.6. The predicted molar refractivity (Wildman–Crippen MR) is 83.1 cm³/mol. The van der Waals surface area contributed by atoms with Crippen molar-refractivity contribution in [3.63, 3.8) is 0 Å². The first-order chi connectivity index (χ1) is 12.8. The van der Waals surface area contributed by atoms with Gasteiger partial charge in [0, 0.05) is 21.2 Å². The lowest BCUT2D eigenvalue weighted by molar-refractivity contribution is 0.282. The van der Waals surface area contributed by atoms with Crippen molar-refractivity contribution in [3.05, 3.63) is 52.8 Å². The fourth-order valence-corrected chi connectivity index (χ4v) is 2.24. The Balaban J connectivity index is 2.89. The molecule has 0 amide bonds. The molecule has 0 aliphatic carbocycles. The lowest BCUT2D eigenvalue weighted by Gasteiger charge is -2.16.